The van der Waals surface area contributed by atoms with Gasteiger partial charge in [0.2, 0.25) is 0 Å². The van der Waals surface area contributed by atoms with Crippen LogP contribution in [0.15, 0.2) is 48.5 Å². The molecule has 0 amide bonds. The number of phenolic OH excluding ortho intramolecular Hbond substituents is 1. The summed E-state index contributed by atoms with van der Waals surface area (Å²) in [6.07, 6.45) is 3.64. The Kier molecular flexibility index (Phi) is 3.82. The molecule has 2 nitrogen and oxygen atoms in total. The Morgan fingerprint density at radius 1 is 0.857 bits per heavy atom. The fourth-order valence-electron chi connectivity index (χ4n) is 2.08. The van der Waals surface area contributed by atoms with E-state index in [0.29, 0.717) is 15.6 Å². The smallest absolute Gasteiger partial charge is 0.141 e. The molecule has 0 bridgehead atoms. The number of halogens is 2. The molecule has 104 valence electrons. The van der Waals surface area contributed by atoms with Gasteiger partial charge in [0.15, 0.2) is 0 Å². The zero-order valence-corrected chi connectivity index (χ0v) is 12.4. The Bertz CT molecular complexity index is 823. The topological polar surface area (TPSA) is 33.1 Å². The van der Waals surface area contributed by atoms with Gasteiger partial charge in [0.05, 0.1) is 5.69 Å². The normalized spacial score (nSPS) is 11.3. The molecule has 4 heteroatoms. The molecule has 0 unspecified atom stereocenters. The van der Waals surface area contributed by atoms with Gasteiger partial charge in [0.25, 0.3) is 0 Å². The van der Waals surface area contributed by atoms with Crippen LogP contribution >= 0.6 is 23.2 Å². The van der Waals surface area contributed by atoms with Crippen molar-refractivity contribution in [3.05, 3.63) is 69.8 Å². The second kappa shape index (κ2) is 5.76. The summed E-state index contributed by atoms with van der Waals surface area (Å²) in [5, 5.41) is 11.9. The number of phenols is 1. The van der Waals surface area contributed by atoms with E-state index in [2.05, 4.69) is 4.98 Å². The van der Waals surface area contributed by atoms with Gasteiger partial charge >= 0.3 is 0 Å². The number of aromatic hydroxyl groups is 1. The Morgan fingerprint density at radius 3 is 2.33 bits per heavy atom. The zero-order valence-electron chi connectivity index (χ0n) is 10.9. The third-order valence-corrected chi connectivity index (χ3v) is 3.80. The molecule has 0 saturated heterocycles. The summed E-state index contributed by atoms with van der Waals surface area (Å²) in [4.78, 5) is 4.43. The number of benzene rings is 2. The van der Waals surface area contributed by atoms with Crippen molar-refractivity contribution >= 4 is 46.3 Å². The van der Waals surface area contributed by atoms with Gasteiger partial charge < -0.3 is 5.11 Å². The molecule has 3 rings (SSSR count). The molecule has 0 aliphatic heterocycles. The van der Waals surface area contributed by atoms with Crippen LogP contribution in [0.4, 0.5) is 0 Å². The van der Waals surface area contributed by atoms with Crippen LogP contribution in [0.3, 0.4) is 0 Å². The molecule has 0 spiro atoms. The van der Waals surface area contributed by atoms with Crippen LogP contribution in [-0.2, 0) is 0 Å². The number of hydrogen-bond acceptors (Lipinski definition) is 2. The molecule has 0 radical (unpaired) electrons. The monoisotopic (exact) mass is 315 g/mol. The minimum atomic E-state index is 0.165. The summed E-state index contributed by atoms with van der Waals surface area (Å²) < 4.78 is 0. The van der Waals surface area contributed by atoms with Crippen LogP contribution in [0.2, 0.25) is 10.0 Å². The molecule has 0 saturated carbocycles. The average molecular weight is 316 g/mol. The van der Waals surface area contributed by atoms with E-state index in [-0.39, 0.29) is 5.75 Å². The van der Waals surface area contributed by atoms with Crippen LogP contribution in [-0.4, -0.2) is 10.1 Å². The van der Waals surface area contributed by atoms with Gasteiger partial charge in [-0.15, -0.1) is 0 Å². The van der Waals surface area contributed by atoms with Crippen LogP contribution in [0.25, 0.3) is 23.1 Å². The van der Waals surface area contributed by atoms with Crippen LogP contribution in [0.5, 0.6) is 5.75 Å². The van der Waals surface area contributed by atoms with Gasteiger partial charge in [-0.3, -0.25) is 0 Å². The minimum Gasteiger partial charge on any atom is -0.506 e. The Balaban J connectivity index is 2.02. The largest absolute Gasteiger partial charge is 0.506 e. The maximum Gasteiger partial charge on any atom is 0.141 e. The lowest BCUT2D eigenvalue weighted by molar-refractivity contribution is 0.480. The number of nitrogens with zero attached hydrogens (tertiary/aromatic N) is 1. The predicted molar refractivity (Wildman–Crippen MR) is 88.8 cm³/mol. The van der Waals surface area contributed by atoms with E-state index >= 15 is 0 Å². The number of rotatable bonds is 2. The van der Waals surface area contributed by atoms with Crippen molar-refractivity contribution in [1.82, 2.24) is 4.98 Å². The van der Waals surface area contributed by atoms with Crippen LogP contribution in [0, 0.1) is 0 Å². The zero-order chi connectivity index (χ0) is 14.8. The van der Waals surface area contributed by atoms with E-state index in [1.165, 1.54) is 0 Å². The maximum atomic E-state index is 9.84. The Hall–Kier alpha value is -2.03. The van der Waals surface area contributed by atoms with E-state index in [1.807, 2.05) is 30.4 Å². The number of aromatic nitrogens is 1. The highest BCUT2D eigenvalue weighted by atomic mass is 35.5. The summed E-state index contributed by atoms with van der Waals surface area (Å²) in [5.74, 6) is 0.165. The molecule has 0 aliphatic carbocycles. The number of para-hydroxylation sites is 1. The molecular weight excluding hydrogens is 305 g/mol. The SMILES string of the molecule is Oc1cccc2ccc(/C=C/c3c(Cl)cccc3Cl)nc12. The van der Waals surface area contributed by atoms with Gasteiger partial charge in [-0.25, -0.2) is 4.98 Å². The molecule has 1 heterocycles. The van der Waals surface area contributed by atoms with Gasteiger partial charge in [-0.1, -0.05) is 47.5 Å². The van der Waals surface area contributed by atoms with E-state index in [9.17, 15) is 5.11 Å². The first-order valence-corrected chi connectivity index (χ1v) is 7.11. The third kappa shape index (κ3) is 2.87. The average Bonchev–Trinajstić information content (AvgIpc) is 2.47. The quantitative estimate of drug-likeness (QED) is 0.685. The van der Waals surface area contributed by atoms with Gasteiger partial charge in [-0.05, 0) is 36.4 Å². The lowest BCUT2D eigenvalue weighted by Crippen LogP contribution is -1.84. The van der Waals surface area contributed by atoms with E-state index in [0.717, 1.165) is 16.6 Å². The van der Waals surface area contributed by atoms with Crippen molar-refractivity contribution in [2.75, 3.05) is 0 Å². The molecule has 1 N–H and O–H groups in total. The fraction of sp³-hybridized carbons (Fsp3) is 0. The number of fused-ring (bicyclic) bond motifs is 1. The fourth-order valence-corrected chi connectivity index (χ4v) is 2.60. The van der Waals surface area contributed by atoms with Crippen molar-refractivity contribution in [3.8, 4) is 5.75 Å². The molecule has 2 aromatic carbocycles. The van der Waals surface area contributed by atoms with Crippen LogP contribution in [0.1, 0.15) is 11.3 Å². The molecule has 1 aromatic heterocycles. The minimum absolute atomic E-state index is 0.165. The standard InChI is InChI=1S/C17H11Cl2NO/c18-14-4-2-5-15(19)13(14)10-9-12-8-7-11-3-1-6-16(21)17(11)20-12/h1-10,21H/b10-9+. The second-order valence-corrected chi connectivity index (χ2v) is 5.37. The highest BCUT2D eigenvalue weighted by Gasteiger charge is 2.03. The predicted octanol–water partition coefficient (Wildman–Crippen LogP) is 5.42. The summed E-state index contributed by atoms with van der Waals surface area (Å²) in [5.41, 5.74) is 2.05. The van der Waals surface area contributed by atoms with Crippen LogP contribution < -0.4 is 0 Å². The highest BCUT2D eigenvalue weighted by Crippen LogP contribution is 2.27. The van der Waals surface area contributed by atoms with E-state index in [1.54, 1.807) is 30.3 Å². The molecule has 3 aromatic rings. The lowest BCUT2D eigenvalue weighted by Gasteiger charge is -2.03. The highest BCUT2D eigenvalue weighted by molar-refractivity contribution is 6.37. The van der Waals surface area contributed by atoms with Gasteiger partial charge in [-0.2, -0.15) is 0 Å². The van der Waals surface area contributed by atoms with Gasteiger partial charge in [0, 0.05) is 21.0 Å². The van der Waals surface area contributed by atoms with Crippen molar-refractivity contribution in [1.29, 1.82) is 0 Å². The first-order valence-electron chi connectivity index (χ1n) is 6.36. The number of pyridine rings is 1. The van der Waals surface area contributed by atoms with Crippen molar-refractivity contribution in [2.45, 2.75) is 0 Å². The summed E-state index contributed by atoms with van der Waals surface area (Å²) >= 11 is 12.2. The molecular formula is C17H11Cl2NO. The molecule has 21 heavy (non-hydrogen) atoms. The van der Waals surface area contributed by atoms with E-state index < -0.39 is 0 Å². The Labute approximate surface area is 132 Å². The number of hydrogen-bond donors (Lipinski definition) is 1. The van der Waals surface area contributed by atoms with E-state index in [4.69, 9.17) is 23.2 Å². The van der Waals surface area contributed by atoms with Crippen molar-refractivity contribution in [3.63, 3.8) is 0 Å². The summed E-state index contributed by atoms with van der Waals surface area (Å²) in [6, 6.07) is 14.5. The third-order valence-electron chi connectivity index (χ3n) is 3.14. The summed E-state index contributed by atoms with van der Waals surface area (Å²) in [6.45, 7) is 0. The molecule has 0 fully saturated rings. The Morgan fingerprint density at radius 2 is 1.57 bits per heavy atom. The lowest BCUT2D eigenvalue weighted by atomic mass is 10.1. The first kappa shape index (κ1) is 13.9. The van der Waals surface area contributed by atoms with Gasteiger partial charge in [0.1, 0.15) is 11.3 Å². The van der Waals surface area contributed by atoms with Crippen molar-refractivity contribution < 1.29 is 5.11 Å². The second-order valence-electron chi connectivity index (χ2n) is 4.55. The first-order chi connectivity index (χ1) is 10.1. The van der Waals surface area contributed by atoms with Crippen molar-refractivity contribution in [2.24, 2.45) is 0 Å². The maximum absolute atomic E-state index is 9.84. The molecule has 0 atom stereocenters. The molecule has 0 aliphatic rings. The summed E-state index contributed by atoms with van der Waals surface area (Å²) in [7, 11) is 0.